The zero-order valence-electron chi connectivity index (χ0n) is 45.9. The van der Waals surface area contributed by atoms with E-state index in [-0.39, 0.29) is 31.1 Å². The zero-order chi connectivity index (χ0) is 51.4. The van der Waals surface area contributed by atoms with Crippen molar-refractivity contribution in [2.75, 3.05) is 13.2 Å². The van der Waals surface area contributed by atoms with Gasteiger partial charge in [0, 0.05) is 19.3 Å². The predicted molar refractivity (Wildman–Crippen MR) is 306 cm³/mol. The van der Waals surface area contributed by atoms with Gasteiger partial charge in [-0.1, -0.05) is 232 Å². The Hall–Kier alpha value is -4.19. The molecule has 0 aromatic rings. The minimum absolute atomic E-state index is 0.0964. The second kappa shape index (κ2) is 58.4. The molecule has 402 valence electrons. The molecular formula is C65H106O6. The van der Waals surface area contributed by atoms with Gasteiger partial charge < -0.3 is 14.2 Å². The predicted octanol–water partition coefficient (Wildman–Crippen LogP) is 19.6. The molecule has 0 bridgehead atoms. The van der Waals surface area contributed by atoms with Crippen LogP contribution in [0, 0.1) is 0 Å². The number of unbranched alkanes of at least 4 members (excludes halogenated alkanes) is 20. The van der Waals surface area contributed by atoms with Crippen molar-refractivity contribution in [2.24, 2.45) is 0 Å². The van der Waals surface area contributed by atoms with Gasteiger partial charge in [-0.25, -0.2) is 0 Å². The summed E-state index contributed by atoms with van der Waals surface area (Å²) in [6.45, 7) is 6.27. The second-order valence-corrected chi connectivity index (χ2v) is 18.8. The van der Waals surface area contributed by atoms with E-state index in [1.807, 2.05) is 0 Å². The van der Waals surface area contributed by atoms with Crippen molar-refractivity contribution in [3.8, 4) is 0 Å². The fourth-order valence-electron chi connectivity index (χ4n) is 7.70. The Bertz CT molecular complexity index is 1500. The van der Waals surface area contributed by atoms with Gasteiger partial charge in [0.05, 0.1) is 0 Å². The first-order valence-corrected chi connectivity index (χ1v) is 29.0. The van der Waals surface area contributed by atoms with Crippen LogP contribution in [0.4, 0.5) is 0 Å². The van der Waals surface area contributed by atoms with Crippen molar-refractivity contribution in [2.45, 2.75) is 258 Å². The highest BCUT2D eigenvalue weighted by Gasteiger charge is 2.19. The van der Waals surface area contributed by atoms with Gasteiger partial charge in [-0.2, -0.15) is 0 Å². The fraction of sp³-hybridized carbons (Fsp3) is 0.646. The Morgan fingerprint density at radius 3 is 0.803 bits per heavy atom. The van der Waals surface area contributed by atoms with Crippen molar-refractivity contribution in [1.82, 2.24) is 0 Å². The maximum Gasteiger partial charge on any atom is 0.306 e. The highest BCUT2D eigenvalue weighted by molar-refractivity contribution is 5.71. The van der Waals surface area contributed by atoms with Gasteiger partial charge in [-0.15, -0.1) is 0 Å². The molecule has 0 radical (unpaired) electrons. The molecule has 0 aromatic heterocycles. The van der Waals surface area contributed by atoms with Crippen LogP contribution >= 0.6 is 0 Å². The molecule has 1 atom stereocenters. The topological polar surface area (TPSA) is 78.9 Å². The smallest absolute Gasteiger partial charge is 0.306 e. The number of carbonyl (C=O) groups is 3. The van der Waals surface area contributed by atoms with Crippen LogP contribution in [0.5, 0.6) is 0 Å². The Kier molecular flexibility index (Phi) is 54.9. The third-order valence-corrected chi connectivity index (χ3v) is 11.9. The summed E-state index contributed by atoms with van der Waals surface area (Å²) < 4.78 is 16.8. The molecule has 0 saturated heterocycles. The molecule has 0 spiro atoms. The summed E-state index contributed by atoms with van der Waals surface area (Å²) >= 11 is 0. The van der Waals surface area contributed by atoms with Gasteiger partial charge in [0.2, 0.25) is 0 Å². The molecule has 6 heteroatoms. The van der Waals surface area contributed by atoms with E-state index in [0.29, 0.717) is 19.3 Å². The van der Waals surface area contributed by atoms with Crippen LogP contribution in [0.1, 0.15) is 252 Å². The monoisotopic (exact) mass is 983 g/mol. The van der Waals surface area contributed by atoms with Crippen LogP contribution in [0.25, 0.3) is 0 Å². The third kappa shape index (κ3) is 56.6. The van der Waals surface area contributed by atoms with Crippen LogP contribution in [0.2, 0.25) is 0 Å². The second-order valence-electron chi connectivity index (χ2n) is 18.8. The van der Waals surface area contributed by atoms with Crippen molar-refractivity contribution >= 4 is 17.9 Å². The third-order valence-electron chi connectivity index (χ3n) is 11.9. The van der Waals surface area contributed by atoms with Gasteiger partial charge in [-0.3, -0.25) is 14.4 Å². The normalized spacial score (nSPS) is 13.0. The van der Waals surface area contributed by atoms with E-state index < -0.39 is 6.10 Å². The Morgan fingerprint density at radius 1 is 0.282 bits per heavy atom. The first kappa shape index (κ1) is 66.8. The van der Waals surface area contributed by atoms with Crippen molar-refractivity contribution in [3.05, 3.63) is 122 Å². The summed E-state index contributed by atoms with van der Waals surface area (Å²) in [7, 11) is 0. The van der Waals surface area contributed by atoms with Crippen molar-refractivity contribution in [1.29, 1.82) is 0 Å². The summed E-state index contributed by atoms with van der Waals surface area (Å²) in [5.41, 5.74) is 0. The van der Waals surface area contributed by atoms with E-state index in [4.69, 9.17) is 14.2 Å². The molecule has 1 unspecified atom stereocenters. The summed E-state index contributed by atoms with van der Waals surface area (Å²) in [6.07, 6.45) is 80.5. The highest BCUT2D eigenvalue weighted by Crippen LogP contribution is 2.15. The number of allylic oxidation sites excluding steroid dienone is 20. The van der Waals surface area contributed by atoms with E-state index in [2.05, 4.69) is 142 Å². The molecule has 0 fully saturated rings. The summed E-state index contributed by atoms with van der Waals surface area (Å²) in [4.78, 5) is 38.2. The number of ether oxygens (including phenoxy) is 3. The first-order valence-electron chi connectivity index (χ1n) is 29.0. The maximum absolute atomic E-state index is 12.9. The van der Waals surface area contributed by atoms with E-state index in [0.717, 1.165) is 135 Å². The number of hydrogen-bond donors (Lipinski definition) is 0. The van der Waals surface area contributed by atoms with Crippen LogP contribution in [0.3, 0.4) is 0 Å². The first-order chi connectivity index (χ1) is 35.0. The molecule has 0 aliphatic heterocycles. The number of rotatable bonds is 51. The number of carbonyl (C=O) groups excluding carboxylic acids is 3. The molecule has 71 heavy (non-hydrogen) atoms. The lowest BCUT2D eigenvalue weighted by atomic mass is 10.1. The lowest BCUT2D eigenvalue weighted by Gasteiger charge is -2.18. The summed E-state index contributed by atoms with van der Waals surface area (Å²) in [6, 6.07) is 0. The van der Waals surface area contributed by atoms with Crippen LogP contribution in [0.15, 0.2) is 122 Å². The van der Waals surface area contributed by atoms with E-state index in [1.165, 1.54) is 77.0 Å². The standard InChI is InChI=1S/C65H106O6/c1-4-7-10-13-16-19-22-25-27-29-30-31-32-33-34-36-37-40-43-46-49-52-55-58-64(67)70-61-62(60-69-63(66)57-54-51-48-45-42-39-24-21-18-15-12-9-6-3)71-65(68)59-56-53-50-47-44-41-38-35-28-26-23-20-17-14-11-8-5-2/h7-12,16-21,25-28,30-31,39,42,62H,4-6,13-15,22-24,29,32-38,40-41,43-61H2,1-3H3/b10-7-,11-8-,12-9-,19-16-,20-17-,21-18-,27-25-,28-26-,31-30-,42-39-. The van der Waals surface area contributed by atoms with Gasteiger partial charge in [0.1, 0.15) is 13.2 Å². The summed E-state index contributed by atoms with van der Waals surface area (Å²) in [5.74, 6) is -0.942. The van der Waals surface area contributed by atoms with Crippen LogP contribution in [-0.4, -0.2) is 37.2 Å². The Morgan fingerprint density at radius 2 is 0.507 bits per heavy atom. The van der Waals surface area contributed by atoms with Crippen molar-refractivity contribution < 1.29 is 28.6 Å². The quantitative estimate of drug-likeness (QED) is 0.0261. The van der Waals surface area contributed by atoms with Crippen LogP contribution < -0.4 is 0 Å². The van der Waals surface area contributed by atoms with Crippen molar-refractivity contribution in [3.63, 3.8) is 0 Å². The number of esters is 3. The fourth-order valence-corrected chi connectivity index (χ4v) is 7.70. The van der Waals surface area contributed by atoms with Gasteiger partial charge in [0.25, 0.3) is 0 Å². The Balaban J connectivity index is 4.39. The lowest BCUT2D eigenvalue weighted by molar-refractivity contribution is -0.167. The molecule has 0 saturated carbocycles. The lowest BCUT2D eigenvalue weighted by Crippen LogP contribution is -2.30. The molecular weight excluding hydrogens is 877 g/mol. The minimum atomic E-state index is -0.801. The van der Waals surface area contributed by atoms with Gasteiger partial charge >= 0.3 is 17.9 Å². The Labute approximate surface area is 437 Å². The molecule has 0 aromatic carbocycles. The van der Waals surface area contributed by atoms with Gasteiger partial charge in [-0.05, 0) is 122 Å². The molecule has 0 rings (SSSR count). The largest absolute Gasteiger partial charge is 0.462 e. The zero-order valence-corrected chi connectivity index (χ0v) is 45.9. The van der Waals surface area contributed by atoms with E-state index in [9.17, 15) is 14.4 Å². The molecule has 6 nitrogen and oxygen atoms in total. The highest BCUT2D eigenvalue weighted by atomic mass is 16.6. The molecule has 0 N–H and O–H groups in total. The maximum atomic E-state index is 12.9. The average molecular weight is 984 g/mol. The van der Waals surface area contributed by atoms with Gasteiger partial charge in [0.15, 0.2) is 6.10 Å². The minimum Gasteiger partial charge on any atom is -0.462 e. The molecule has 0 heterocycles. The van der Waals surface area contributed by atoms with Crippen LogP contribution in [-0.2, 0) is 28.6 Å². The molecule has 0 aliphatic rings. The summed E-state index contributed by atoms with van der Waals surface area (Å²) in [5, 5.41) is 0. The van der Waals surface area contributed by atoms with E-state index in [1.54, 1.807) is 0 Å². The number of hydrogen-bond acceptors (Lipinski definition) is 6. The SMILES string of the molecule is CC/C=C\C/C=C\C/C=C\C/C=C\CCCCCCCCCCCCC(=O)OCC(COC(=O)CCCCC/C=C\C/C=C\C/C=C\CC)OC(=O)CCCCCCCCC/C=C\C/C=C\C/C=C\CC. The molecule has 0 aliphatic carbocycles. The molecule has 0 amide bonds. The average Bonchev–Trinajstić information content (AvgIpc) is 3.37. The van der Waals surface area contributed by atoms with E-state index >= 15 is 0 Å².